The Morgan fingerprint density at radius 2 is 2.14 bits per heavy atom. The second kappa shape index (κ2) is 6.43. The van der Waals surface area contributed by atoms with Gasteiger partial charge in [-0.1, -0.05) is 6.07 Å². The lowest BCUT2D eigenvalue weighted by Crippen LogP contribution is -2.49. The van der Waals surface area contributed by atoms with Crippen molar-refractivity contribution < 1.29 is 22.8 Å². The number of hydrogen-bond donors (Lipinski definition) is 1. The summed E-state index contributed by atoms with van der Waals surface area (Å²) < 4.78 is 37.6. The number of pyridine rings is 1. The van der Waals surface area contributed by atoms with E-state index in [-0.39, 0.29) is 36.9 Å². The third-order valence-corrected chi connectivity index (χ3v) is 3.43. The number of alkyl halides is 3. The Hall–Kier alpha value is -1.96. The maximum absolute atomic E-state index is 12.5. The van der Waals surface area contributed by atoms with E-state index in [1.165, 1.54) is 17.9 Å². The molecule has 1 aliphatic heterocycles. The Morgan fingerprint density at radius 1 is 1.41 bits per heavy atom. The predicted molar refractivity (Wildman–Crippen MR) is 72.1 cm³/mol. The molecule has 2 heterocycles. The molecule has 22 heavy (non-hydrogen) atoms. The number of Topliss-reactive ketones (excluding diaryl/α,β-unsaturated/α-hetero) is 1. The zero-order chi connectivity index (χ0) is 16.3. The van der Waals surface area contributed by atoms with Crippen LogP contribution in [0.4, 0.5) is 13.2 Å². The Labute approximate surface area is 125 Å². The highest BCUT2D eigenvalue weighted by Gasteiger charge is 2.32. The van der Waals surface area contributed by atoms with Gasteiger partial charge in [-0.2, -0.15) is 13.2 Å². The second-order valence-electron chi connectivity index (χ2n) is 5.15. The first-order chi connectivity index (χ1) is 10.3. The Balaban J connectivity index is 2.01. The van der Waals surface area contributed by atoms with Gasteiger partial charge in [-0.15, -0.1) is 0 Å². The van der Waals surface area contributed by atoms with Gasteiger partial charge in [-0.05, 0) is 18.6 Å². The van der Waals surface area contributed by atoms with Crippen molar-refractivity contribution in [1.82, 2.24) is 15.2 Å². The highest BCUT2D eigenvalue weighted by molar-refractivity contribution is 5.88. The number of carbonyl (C=O) groups excluding carboxylic acids is 2. The average Bonchev–Trinajstić information content (AvgIpc) is 2.42. The van der Waals surface area contributed by atoms with Crippen LogP contribution in [0.3, 0.4) is 0 Å². The van der Waals surface area contributed by atoms with E-state index < -0.39 is 11.9 Å². The summed E-state index contributed by atoms with van der Waals surface area (Å²) in [4.78, 5) is 28.5. The van der Waals surface area contributed by atoms with Crippen LogP contribution in [0.1, 0.15) is 17.0 Å². The molecule has 1 fully saturated rings. The van der Waals surface area contributed by atoms with Crippen LogP contribution in [0, 0.1) is 6.92 Å². The first-order valence-corrected chi connectivity index (χ1v) is 6.81. The number of rotatable bonds is 4. The lowest BCUT2D eigenvalue weighted by atomic mass is 10.1. The molecule has 1 aliphatic rings. The van der Waals surface area contributed by atoms with Gasteiger partial charge in [0.05, 0.1) is 13.1 Å². The van der Waals surface area contributed by atoms with Crippen molar-refractivity contribution in [3.8, 4) is 0 Å². The summed E-state index contributed by atoms with van der Waals surface area (Å²) in [5.74, 6) is -0.373. The minimum Gasteiger partial charge on any atom is -0.333 e. The molecular weight excluding hydrogens is 299 g/mol. The summed E-state index contributed by atoms with van der Waals surface area (Å²) in [6, 6.07) is 2.13. The van der Waals surface area contributed by atoms with Crippen LogP contribution in [0.25, 0.3) is 0 Å². The fourth-order valence-electron chi connectivity index (χ4n) is 2.23. The molecule has 1 aromatic heterocycles. The molecule has 0 aromatic carbocycles. The molecule has 1 amide bonds. The number of aryl methyl sites for hydroxylation is 1. The smallest absolute Gasteiger partial charge is 0.333 e. The molecule has 2 rings (SSSR count). The minimum atomic E-state index is -4.50. The predicted octanol–water partition coefficient (Wildman–Crippen LogP) is 0.952. The van der Waals surface area contributed by atoms with Gasteiger partial charge < -0.3 is 10.2 Å². The van der Waals surface area contributed by atoms with Crippen LogP contribution in [-0.2, 0) is 22.2 Å². The fourth-order valence-corrected chi connectivity index (χ4v) is 2.23. The number of hydrogen-bond acceptors (Lipinski definition) is 4. The lowest BCUT2D eigenvalue weighted by Gasteiger charge is -2.26. The van der Waals surface area contributed by atoms with Gasteiger partial charge in [0.15, 0.2) is 5.78 Å². The van der Waals surface area contributed by atoms with Gasteiger partial charge >= 0.3 is 6.18 Å². The molecule has 1 N–H and O–H groups in total. The van der Waals surface area contributed by atoms with Crippen LogP contribution < -0.4 is 5.32 Å². The Bertz CT molecular complexity index is 587. The van der Waals surface area contributed by atoms with E-state index in [0.717, 1.165) is 6.07 Å². The molecule has 120 valence electrons. The number of nitrogens with zero attached hydrogens (tertiary/aromatic N) is 2. The molecule has 0 saturated carbocycles. The highest BCUT2D eigenvalue weighted by Crippen LogP contribution is 2.28. The van der Waals surface area contributed by atoms with Crippen molar-refractivity contribution >= 4 is 11.7 Å². The maximum Gasteiger partial charge on any atom is 0.433 e. The van der Waals surface area contributed by atoms with Crippen molar-refractivity contribution in [2.24, 2.45) is 0 Å². The minimum absolute atomic E-state index is 0.0268. The van der Waals surface area contributed by atoms with Crippen LogP contribution in [0.15, 0.2) is 12.1 Å². The van der Waals surface area contributed by atoms with Gasteiger partial charge in [0.1, 0.15) is 5.69 Å². The molecule has 0 radical (unpaired) electrons. The van der Waals surface area contributed by atoms with Gasteiger partial charge in [0, 0.05) is 25.2 Å². The summed E-state index contributed by atoms with van der Waals surface area (Å²) >= 11 is 0. The molecular formula is C14H16F3N3O2. The summed E-state index contributed by atoms with van der Waals surface area (Å²) in [5.41, 5.74) is -0.353. The summed E-state index contributed by atoms with van der Waals surface area (Å²) in [7, 11) is 0. The van der Waals surface area contributed by atoms with Gasteiger partial charge in [-0.25, -0.2) is 4.98 Å². The zero-order valence-electron chi connectivity index (χ0n) is 12.0. The SMILES string of the molecule is Cc1nc(C(F)(F)F)ccc1CC(=O)CN1CCNCC1=O. The van der Waals surface area contributed by atoms with Crippen molar-refractivity contribution in [3.63, 3.8) is 0 Å². The molecule has 8 heteroatoms. The van der Waals surface area contributed by atoms with Crippen molar-refractivity contribution in [2.45, 2.75) is 19.5 Å². The molecule has 0 aliphatic carbocycles. The molecule has 0 unspecified atom stereocenters. The first-order valence-electron chi connectivity index (χ1n) is 6.81. The molecule has 0 atom stereocenters. The molecule has 0 bridgehead atoms. The van der Waals surface area contributed by atoms with E-state index in [2.05, 4.69) is 10.3 Å². The number of amides is 1. The van der Waals surface area contributed by atoms with Crippen LogP contribution in [-0.4, -0.2) is 47.8 Å². The second-order valence-corrected chi connectivity index (χ2v) is 5.15. The van der Waals surface area contributed by atoms with Crippen LogP contribution in [0.2, 0.25) is 0 Å². The van der Waals surface area contributed by atoms with Crippen LogP contribution in [0.5, 0.6) is 0 Å². The van der Waals surface area contributed by atoms with E-state index in [1.54, 1.807) is 0 Å². The average molecular weight is 315 g/mol. The van der Waals surface area contributed by atoms with Gasteiger partial charge in [-0.3, -0.25) is 9.59 Å². The lowest BCUT2D eigenvalue weighted by molar-refractivity contribution is -0.141. The monoisotopic (exact) mass is 315 g/mol. The zero-order valence-corrected chi connectivity index (χ0v) is 12.0. The molecule has 1 saturated heterocycles. The number of nitrogens with one attached hydrogen (secondary N) is 1. The van der Waals surface area contributed by atoms with Crippen molar-refractivity contribution in [2.75, 3.05) is 26.2 Å². The highest BCUT2D eigenvalue weighted by atomic mass is 19.4. The van der Waals surface area contributed by atoms with E-state index >= 15 is 0 Å². The molecule has 5 nitrogen and oxygen atoms in total. The number of piperazine rings is 1. The quantitative estimate of drug-likeness (QED) is 0.899. The summed E-state index contributed by atoms with van der Waals surface area (Å²) in [6.45, 7) is 2.69. The van der Waals surface area contributed by atoms with Gasteiger partial charge in [0.25, 0.3) is 0 Å². The number of aromatic nitrogens is 1. The topological polar surface area (TPSA) is 62.3 Å². The van der Waals surface area contributed by atoms with Crippen LogP contribution >= 0.6 is 0 Å². The van der Waals surface area contributed by atoms with E-state index in [4.69, 9.17) is 0 Å². The number of halogens is 3. The summed E-state index contributed by atoms with van der Waals surface area (Å²) in [5, 5.41) is 2.90. The van der Waals surface area contributed by atoms with Gasteiger partial charge in [0.2, 0.25) is 5.91 Å². The fraction of sp³-hybridized carbons (Fsp3) is 0.500. The summed E-state index contributed by atoms with van der Waals surface area (Å²) in [6.07, 6.45) is -4.53. The third kappa shape index (κ3) is 4.03. The third-order valence-electron chi connectivity index (χ3n) is 3.43. The van der Waals surface area contributed by atoms with Crippen molar-refractivity contribution in [1.29, 1.82) is 0 Å². The van der Waals surface area contributed by atoms with Crippen molar-refractivity contribution in [3.05, 3.63) is 29.1 Å². The largest absolute Gasteiger partial charge is 0.433 e. The standard InChI is InChI=1S/C14H16F3N3O2/c1-9-10(2-3-12(19-9)14(15,16)17)6-11(21)8-20-5-4-18-7-13(20)22/h2-3,18H,4-8H2,1H3. The van der Waals surface area contributed by atoms with E-state index in [1.807, 2.05) is 0 Å². The Kier molecular flexibility index (Phi) is 4.80. The van der Waals surface area contributed by atoms with E-state index in [9.17, 15) is 22.8 Å². The molecule has 1 aromatic rings. The number of ketones is 1. The Morgan fingerprint density at radius 3 is 2.73 bits per heavy atom. The molecule has 0 spiro atoms. The first kappa shape index (κ1) is 16.4. The van der Waals surface area contributed by atoms with E-state index in [0.29, 0.717) is 18.7 Å². The maximum atomic E-state index is 12.5. The number of carbonyl (C=O) groups is 2. The normalized spacial score (nSPS) is 16.0.